The number of rotatable bonds is 6. The highest BCUT2D eigenvalue weighted by molar-refractivity contribution is 6.25. The number of anilines is 3. The first-order valence-corrected chi connectivity index (χ1v) is 22.9. The van der Waals surface area contributed by atoms with Crippen LogP contribution in [0, 0.1) is 0 Å². The van der Waals surface area contributed by atoms with Gasteiger partial charge in [0.25, 0.3) is 0 Å². The quantitative estimate of drug-likeness (QED) is 0.166. The van der Waals surface area contributed by atoms with Crippen molar-refractivity contribution < 1.29 is 4.42 Å². The monoisotopic (exact) mass is 842 g/mol. The molecule has 3 heterocycles. The van der Waals surface area contributed by atoms with Gasteiger partial charge < -0.3 is 13.7 Å². The summed E-state index contributed by atoms with van der Waals surface area (Å²) in [5.41, 5.74) is 21.1. The van der Waals surface area contributed by atoms with E-state index >= 15 is 0 Å². The molecule has 66 heavy (non-hydrogen) atoms. The van der Waals surface area contributed by atoms with E-state index in [2.05, 4.69) is 229 Å². The molecule has 10 aromatic carbocycles. The van der Waals surface area contributed by atoms with Crippen molar-refractivity contribution in [1.82, 2.24) is 4.40 Å². The van der Waals surface area contributed by atoms with Gasteiger partial charge in [-0.15, -0.1) is 0 Å². The first kappa shape index (κ1) is 37.0. The van der Waals surface area contributed by atoms with Crippen LogP contribution >= 0.6 is 0 Å². The van der Waals surface area contributed by atoms with Gasteiger partial charge in [-0.05, 0) is 99.1 Å². The Kier molecular flexibility index (Phi) is 7.74. The van der Waals surface area contributed by atoms with Crippen molar-refractivity contribution in [2.75, 3.05) is 4.90 Å². The number of benzene rings is 10. The average Bonchev–Trinajstić information content (AvgIpc) is 4.09. The average molecular weight is 843 g/mol. The molecule has 3 nitrogen and oxygen atoms in total. The Bertz CT molecular complexity index is 4060. The van der Waals surface area contributed by atoms with Gasteiger partial charge in [0, 0.05) is 65.9 Å². The van der Waals surface area contributed by atoms with Crippen molar-refractivity contribution in [3.05, 3.63) is 230 Å². The van der Waals surface area contributed by atoms with Crippen molar-refractivity contribution in [3.8, 4) is 44.5 Å². The molecule has 310 valence electrons. The van der Waals surface area contributed by atoms with Crippen LogP contribution in [-0.4, -0.2) is 4.40 Å². The second-order valence-corrected chi connectivity index (χ2v) is 18.4. The molecular weight excluding hydrogens is 801 g/mol. The Labute approximate surface area is 382 Å². The minimum Gasteiger partial charge on any atom is -0.455 e. The second kappa shape index (κ2) is 13.8. The van der Waals surface area contributed by atoms with Gasteiger partial charge in [-0.25, -0.2) is 0 Å². The third-order valence-electron chi connectivity index (χ3n) is 14.5. The molecule has 1 aliphatic carbocycles. The van der Waals surface area contributed by atoms with E-state index in [4.69, 9.17) is 4.42 Å². The van der Waals surface area contributed by atoms with E-state index in [-0.39, 0.29) is 5.41 Å². The summed E-state index contributed by atoms with van der Waals surface area (Å²) in [6, 6.07) is 80.0. The molecule has 0 bridgehead atoms. The molecule has 0 unspecified atom stereocenters. The van der Waals surface area contributed by atoms with Gasteiger partial charge in [0.05, 0.1) is 16.6 Å². The van der Waals surface area contributed by atoms with Gasteiger partial charge in [-0.2, -0.15) is 0 Å². The van der Waals surface area contributed by atoms with Gasteiger partial charge in [0.15, 0.2) is 0 Å². The lowest BCUT2D eigenvalue weighted by molar-refractivity contribution is 0.660. The van der Waals surface area contributed by atoms with Gasteiger partial charge in [0.2, 0.25) is 0 Å². The largest absolute Gasteiger partial charge is 0.455 e. The van der Waals surface area contributed by atoms with Crippen LogP contribution in [0.1, 0.15) is 25.0 Å². The molecule has 0 saturated carbocycles. The highest BCUT2D eigenvalue weighted by atomic mass is 16.3. The molecule has 3 aromatic heterocycles. The van der Waals surface area contributed by atoms with Crippen molar-refractivity contribution in [2.45, 2.75) is 19.3 Å². The fourth-order valence-corrected chi connectivity index (χ4v) is 11.4. The summed E-state index contributed by atoms with van der Waals surface area (Å²) < 4.78 is 8.98. The minimum atomic E-state index is -0.247. The van der Waals surface area contributed by atoms with E-state index in [0.29, 0.717) is 0 Å². The zero-order valence-electron chi connectivity index (χ0n) is 36.6. The predicted octanol–water partition coefficient (Wildman–Crippen LogP) is 17.5. The zero-order chi connectivity index (χ0) is 43.7. The maximum absolute atomic E-state index is 6.47. The molecule has 0 spiro atoms. The number of furan rings is 1. The summed E-state index contributed by atoms with van der Waals surface area (Å²) in [4.78, 5) is 2.40. The van der Waals surface area contributed by atoms with E-state index < -0.39 is 0 Å². The molecular formula is C63H42N2O. The van der Waals surface area contributed by atoms with Crippen LogP contribution in [0.25, 0.3) is 105 Å². The number of para-hydroxylation sites is 5. The standard InChI is InChI=1S/C63H42N2O/c1-63(2)56-37-42(46-17-10-20-53-54-21-12-19-52-50-15-6-8-23-58(50)65(60(46)53)61(52)54)29-35-48(56)49-36-34-45(38-57(49)63)64(43-30-25-40(26-31-43)39-13-4-3-5-14-39)44-32-27-41(28-33-44)47-18-11-22-55-51-16-7-9-24-59(51)66-62(47)55/h3-38H,1-2H3. The number of hydrogen-bond donors (Lipinski definition) is 0. The maximum atomic E-state index is 6.47. The number of fused-ring (bicyclic) bond motifs is 12. The zero-order valence-corrected chi connectivity index (χ0v) is 36.6. The lowest BCUT2D eigenvalue weighted by atomic mass is 9.81. The number of aromatic nitrogens is 1. The summed E-state index contributed by atoms with van der Waals surface area (Å²) in [6.07, 6.45) is 0. The fraction of sp³-hybridized carbons (Fsp3) is 0.0476. The number of nitrogens with zero attached hydrogens (tertiary/aromatic N) is 2. The van der Waals surface area contributed by atoms with Crippen LogP contribution in [0.4, 0.5) is 17.1 Å². The number of hydrogen-bond acceptors (Lipinski definition) is 2. The summed E-state index contributed by atoms with van der Waals surface area (Å²) in [5, 5.41) is 7.48. The van der Waals surface area contributed by atoms with Crippen LogP contribution in [0.2, 0.25) is 0 Å². The van der Waals surface area contributed by atoms with Crippen LogP contribution < -0.4 is 4.90 Å². The molecule has 0 N–H and O–H groups in total. The van der Waals surface area contributed by atoms with E-state index in [1.54, 1.807) is 0 Å². The van der Waals surface area contributed by atoms with Crippen molar-refractivity contribution >= 4 is 77.1 Å². The lowest BCUT2D eigenvalue weighted by Crippen LogP contribution is -2.16. The summed E-state index contributed by atoms with van der Waals surface area (Å²) in [5.74, 6) is 0. The van der Waals surface area contributed by atoms with E-state index in [1.165, 1.54) is 82.6 Å². The Hall–Kier alpha value is -8.40. The predicted molar refractivity (Wildman–Crippen MR) is 277 cm³/mol. The molecule has 0 fully saturated rings. The molecule has 1 aliphatic rings. The Morgan fingerprint density at radius 2 is 0.894 bits per heavy atom. The van der Waals surface area contributed by atoms with Gasteiger partial charge >= 0.3 is 0 Å². The Morgan fingerprint density at radius 3 is 1.67 bits per heavy atom. The molecule has 0 aliphatic heterocycles. The third-order valence-corrected chi connectivity index (χ3v) is 14.5. The molecule has 13 aromatic rings. The smallest absolute Gasteiger partial charge is 0.143 e. The van der Waals surface area contributed by atoms with Gasteiger partial charge in [0.1, 0.15) is 11.2 Å². The van der Waals surface area contributed by atoms with Gasteiger partial charge in [-0.1, -0.05) is 178 Å². The third kappa shape index (κ3) is 5.26. The van der Waals surface area contributed by atoms with Crippen LogP contribution in [-0.2, 0) is 5.41 Å². The lowest BCUT2D eigenvalue weighted by Gasteiger charge is -2.28. The molecule has 0 amide bonds. The highest BCUT2D eigenvalue weighted by Gasteiger charge is 2.37. The topological polar surface area (TPSA) is 20.8 Å². The second-order valence-electron chi connectivity index (χ2n) is 18.4. The first-order chi connectivity index (χ1) is 32.5. The molecule has 0 saturated heterocycles. The highest BCUT2D eigenvalue weighted by Crippen LogP contribution is 2.53. The van der Waals surface area contributed by atoms with Crippen LogP contribution in [0.15, 0.2) is 223 Å². The first-order valence-electron chi connectivity index (χ1n) is 22.9. The maximum Gasteiger partial charge on any atom is 0.143 e. The molecule has 14 rings (SSSR count). The summed E-state index contributed by atoms with van der Waals surface area (Å²) in [6.45, 7) is 4.79. The van der Waals surface area contributed by atoms with E-state index in [1.807, 2.05) is 12.1 Å². The minimum absolute atomic E-state index is 0.247. The molecule has 0 radical (unpaired) electrons. The fourth-order valence-electron chi connectivity index (χ4n) is 11.4. The SMILES string of the molecule is CC1(C)c2cc(-c3cccc4c5cccc6c7ccccc7n(c34)c65)ccc2-c2ccc(N(c3ccc(-c4ccccc4)cc3)c3ccc(-c4cccc5c4oc4ccccc45)cc3)cc21. The van der Waals surface area contributed by atoms with Crippen molar-refractivity contribution in [2.24, 2.45) is 0 Å². The van der Waals surface area contributed by atoms with E-state index in [0.717, 1.165) is 50.1 Å². The molecule has 3 heteroatoms. The Morgan fingerprint density at radius 1 is 0.364 bits per heavy atom. The van der Waals surface area contributed by atoms with Crippen LogP contribution in [0.5, 0.6) is 0 Å². The summed E-state index contributed by atoms with van der Waals surface area (Å²) in [7, 11) is 0. The summed E-state index contributed by atoms with van der Waals surface area (Å²) >= 11 is 0. The van der Waals surface area contributed by atoms with Gasteiger partial charge in [-0.3, -0.25) is 0 Å². The normalized spacial score (nSPS) is 13.1. The van der Waals surface area contributed by atoms with Crippen molar-refractivity contribution in [1.29, 1.82) is 0 Å². The van der Waals surface area contributed by atoms with Crippen LogP contribution in [0.3, 0.4) is 0 Å². The van der Waals surface area contributed by atoms with E-state index in [9.17, 15) is 0 Å². The Balaban J connectivity index is 0.883. The van der Waals surface area contributed by atoms with Crippen molar-refractivity contribution in [3.63, 3.8) is 0 Å². The molecule has 0 atom stereocenters.